The Hall–Kier alpha value is -2.81. The number of ether oxygens (including phenoxy) is 1. The standard InChI is InChI=1S/C23H19F3N4O2S2/c24-23(25,26)17-8-14(3-2-13(17)10-27)29-20(31)22(6-1-7-22)30(21(29)33)15-4-5-18-19(9-15)34-12-16(11-28)32-18/h2-5,8-9,16H,1,6-7,11-12,28H2. The van der Waals surface area contributed by atoms with Crippen LogP contribution in [0.3, 0.4) is 0 Å². The van der Waals surface area contributed by atoms with Crippen LogP contribution < -0.4 is 20.3 Å². The van der Waals surface area contributed by atoms with E-state index in [-0.39, 0.29) is 22.8 Å². The van der Waals surface area contributed by atoms with E-state index in [1.807, 2.05) is 12.1 Å². The molecule has 3 aliphatic rings. The first-order valence-corrected chi connectivity index (χ1v) is 12.0. The topological polar surface area (TPSA) is 82.6 Å². The number of carbonyl (C=O) groups excluding carboxylic acids is 1. The zero-order chi connectivity index (χ0) is 24.3. The number of amides is 1. The second-order valence-electron chi connectivity index (χ2n) is 8.40. The molecule has 5 rings (SSSR count). The summed E-state index contributed by atoms with van der Waals surface area (Å²) in [5.41, 5.74) is 3.86. The molecule has 0 bridgehead atoms. The number of thiocarbonyl (C=S) groups is 1. The molecule has 0 aromatic heterocycles. The molecule has 2 aromatic rings. The van der Waals surface area contributed by atoms with Gasteiger partial charge in [-0.05, 0) is 67.9 Å². The first-order valence-electron chi connectivity index (χ1n) is 10.6. The Bertz CT molecular complexity index is 1240. The first-order chi connectivity index (χ1) is 16.2. The predicted molar refractivity (Wildman–Crippen MR) is 126 cm³/mol. The van der Waals surface area contributed by atoms with Crippen LogP contribution in [0.25, 0.3) is 0 Å². The minimum absolute atomic E-state index is 0.00319. The molecule has 1 aliphatic carbocycles. The number of alkyl halides is 3. The van der Waals surface area contributed by atoms with Crippen molar-refractivity contribution in [3.8, 4) is 11.8 Å². The Morgan fingerprint density at radius 2 is 1.97 bits per heavy atom. The number of nitriles is 1. The summed E-state index contributed by atoms with van der Waals surface area (Å²) in [7, 11) is 0. The fourth-order valence-corrected chi connectivity index (χ4v) is 6.07. The van der Waals surface area contributed by atoms with Crippen LogP contribution >= 0.6 is 24.0 Å². The fraction of sp³-hybridized carbons (Fsp3) is 0.348. The van der Waals surface area contributed by atoms with E-state index in [0.717, 1.165) is 23.4 Å². The summed E-state index contributed by atoms with van der Waals surface area (Å²) in [5.74, 6) is 1.04. The third-order valence-electron chi connectivity index (χ3n) is 6.45. The molecule has 2 aromatic carbocycles. The number of halogens is 3. The quantitative estimate of drug-likeness (QED) is 0.619. The summed E-state index contributed by atoms with van der Waals surface area (Å²) >= 11 is 7.27. The highest BCUT2D eigenvalue weighted by Gasteiger charge is 2.59. The zero-order valence-electron chi connectivity index (χ0n) is 17.8. The number of rotatable bonds is 3. The second-order valence-corrected chi connectivity index (χ2v) is 9.83. The van der Waals surface area contributed by atoms with Crippen LogP contribution in [0.1, 0.15) is 30.4 Å². The van der Waals surface area contributed by atoms with Crippen LogP contribution in [-0.2, 0) is 11.0 Å². The number of carbonyl (C=O) groups is 1. The number of thioether (sulfide) groups is 1. The molecule has 1 unspecified atom stereocenters. The number of hydrogen-bond donors (Lipinski definition) is 1. The molecule has 0 radical (unpaired) electrons. The number of nitrogens with zero attached hydrogens (tertiary/aromatic N) is 3. The van der Waals surface area contributed by atoms with Gasteiger partial charge in [-0.2, -0.15) is 18.4 Å². The number of nitrogens with two attached hydrogens (primary N) is 1. The van der Waals surface area contributed by atoms with Crippen molar-refractivity contribution in [2.24, 2.45) is 5.73 Å². The van der Waals surface area contributed by atoms with Crippen LogP contribution in [0.4, 0.5) is 24.5 Å². The van der Waals surface area contributed by atoms with E-state index in [4.69, 9.17) is 28.0 Å². The Kier molecular flexibility index (Phi) is 5.50. The van der Waals surface area contributed by atoms with E-state index in [0.29, 0.717) is 36.6 Å². The Morgan fingerprint density at radius 3 is 2.59 bits per heavy atom. The summed E-state index contributed by atoms with van der Waals surface area (Å²) < 4.78 is 46.6. The molecule has 176 valence electrons. The van der Waals surface area contributed by atoms with E-state index in [1.54, 1.807) is 28.8 Å². The Labute approximate surface area is 203 Å². The van der Waals surface area contributed by atoms with Crippen molar-refractivity contribution >= 4 is 46.4 Å². The Balaban J connectivity index is 1.55. The van der Waals surface area contributed by atoms with Gasteiger partial charge in [-0.3, -0.25) is 9.69 Å². The highest BCUT2D eigenvalue weighted by atomic mass is 32.2. The van der Waals surface area contributed by atoms with Crippen molar-refractivity contribution in [1.29, 1.82) is 5.26 Å². The maximum Gasteiger partial charge on any atom is 0.417 e. The van der Waals surface area contributed by atoms with Gasteiger partial charge < -0.3 is 15.4 Å². The van der Waals surface area contributed by atoms with E-state index in [2.05, 4.69) is 0 Å². The average molecular weight is 505 g/mol. The van der Waals surface area contributed by atoms with Gasteiger partial charge in [0.25, 0.3) is 5.91 Å². The lowest BCUT2D eigenvalue weighted by Crippen LogP contribution is -2.55. The predicted octanol–water partition coefficient (Wildman–Crippen LogP) is 4.45. The molecule has 6 nitrogen and oxygen atoms in total. The Morgan fingerprint density at radius 1 is 1.24 bits per heavy atom. The number of benzene rings is 2. The van der Waals surface area contributed by atoms with Crippen molar-refractivity contribution in [3.05, 3.63) is 47.5 Å². The lowest BCUT2D eigenvalue weighted by molar-refractivity contribution is -0.137. The third kappa shape index (κ3) is 3.43. The van der Waals surface area contributed by atoms with Gasteiger partial charge in [-0.25, -0.2) is 0 Å². The fourth-order valence-electron chi connectivity index (χ4n) is 4.57. The van der Waals surface area contributed by atoms with Gasteiger partial charge in [-0.1, -0.05) is 0 Å². The molecule has 2 fully saturated rings. The van der Waals surface area contributed by atoms with Gasteiger partial charge in [0.05, 0.1) is 27.8 Å². The van der Waals surface area contributed by atoms with Crippen molar-refractivity contribution in [1.82, 2.24) is 0 Å². The van der Waals surface area contributed by atoms with Gasteiger partial charge >= 0.3 is 6.18 Å². The first kappa shape index (κ1) is 23.0. The molecule has 11 heteroatoms. The lowest BCUT2D eigenvalue weighted by Gasteiger charge is -2.43. The highest BCUT2D eigenvalue weighted by Crippen LogP contribution is 2.49. The van der Waals surface area contributed by atoms with E-state index >= 15 is 0 Å². The highest BCUT2D eigenvalue weighted by molar-refractivity contribution is 7.99. The number of anilines is 2. The van der Waals surface area contributed by atoms with Gasteiger partial charge in [-0.15, -0.1) is 11.8 Å². The SMILES string of the molecule is N#Cc1ccc(N2C(=O)C3(CCC3)N(c3ccc4c(c3)SCC(CN)O4)C2=S)cc1C(F)(F)F. The number of fused-ring (bicyclic) bond motifs is 1. The van der Waals surface area contributed by atoms with Crippen molar-refractivity contribution < 1.29 is 22.7 Å². The minimum Gasteiger partial charge on any atom is -0.487 e. The normalized spacial score (nSPS) is 21.2. The molecular weight excluding hydrogens is 485 g/mol. The molecular formula is C23H19F3N4O2S2. The molecule has 1 spiro atoms. The zero-order valence-corrected chi connectivity index (χ0v) is 19.4. The summed E-state index contributed by atoms with van der Waals surface area (Å²) in [6.07, 6.45) is -2.93. The molecule has 2 heterocycles. The van der Waals surface area contributed by atoms with Crippen LogP contribution in [0.15, 0.2) is 41.3 Å². The molecule has 2 aliphatic heterocycles. The van der Waals surface area contributed by atoms with Crippen LogP contribution in [-0.4, -0.2) is 35.0 Å². The summed E-state index contributed by atoms with van der Waals surface area (Å²) in [4.78, 5) is 17.4. The van der Waals surface area contributed by atoms with Crippen LogP contribution in [0.5, 0.6) is 5.75 Å². The van der Waals surface area contributed by atoms with E-state index in [1.165, 1.54) is 11.0 Å². The summed E-state index contributed by atoms with van der Waals surface area (Å²) in [5, 5.41) is 9.22. The van der Waals surface area contributed by atoms with Gasteiger partial charge in [0, 0.05) is 18.0 Å². The average Bonchev–Trinajstić information content (AvgIpc) is 3.04. The van der Waals surface area contributed by atoms with Crippen molar-refractivity contribution in [2.75, 3.05) is 22.1 Å². The maximum atomic E-state index is 13.6. The monoisotopic (exact) mass is 504 g/mol. The summed E-state index contributed by atoms with van der Waals surface area (Å²) in [6, 6.07) is 10.3. The van der Waals surface area contributed by atoms with Gasteiger partial charge in [0.2, 0.25) is 0 Å². The van der Waals surface area contributed by atoms with Gasteiger partial charge in [0.1, 0.15) is 17.4 Å². The lowest BCUT2D eigenvalue weighted by atomic mass is 9.75. The smallest absolute Gasteiger partial charge is 0.417 e. The molecule has 1 saturated carbocycles. The summed E-state index contributed by atoms with van der Waals surface area (Å²) in [6.45, 7) is 0.404. The molecule has 1 amide bonds. The largest absolute Gasteiger partial charge is 0.487 e. The van der Waals surface area contributed by atoms with Gasteiger partial charge in [0.15, 0.2) is 5.11 Å². The second kappa shape index (κ2) is 8.15. The minimum atomic E-state index is -4.74. The molecule has 1 saturated heterocycles. The van der Waals surface area contributed by atoms with Crippen molar-refractivity contribution in [2.45, 2.75) is 42.0 Å². The molecule has 1 atom stereocenters. The molecule has 34 heavy (non-hydrogen) atoms. The van der Waals surface area contributed by atoms with E-state index < -0.39 is 22.8 Å². The van der Waals surface area contributed by atoms with Crippen LogP contribution in [0, 0.1) is 11.3 Å². The molecule has 2 N–H and O–H groups in total. The third-order valence-corrected chi connectivity index (χ3v) is 7.98. The maximum absolute atomic E-state index is 13.6. The van der Waals surface area contributed by atoms with E-state index in [9.17, 15) is 18.0 Å². The number of hydrogen-bond acceptors (Lipinski definition) is 6. The van der Waals surface area contributed by atoms with Crippen molar-refractivity contribution in [3.63, 3.8) is 0 Å². The van der Waals surface area contributed by atoms with Crippen LogP contribution in [0.2, 0.25) is 0 Å².